The van der Waals surface area contributed by atoms with Crippen molar-refractivity contribution < 1.29 is 4.42 Å². The van der Waals surface area contributed by atoms with Crippen LogP contribution in [0.2, 0.25) is 0 Å². The van der Waals surface area contributed by atoms with E-state index in [2.05, 4.69) is 44.8 Å². The van der Waals surface area contributed by atoms with E-state index in [9.17, 15) is 0 Å². The Kier molecular flexibility index (Phi) is 2.29. The van der Waals surface area contributed by atoms with Gasteiger partial charge in [-0.2, -0.15) is 0 Å². The molecule has 0 fully saturated rings. The Balaban J connectivity index is 2.55. The summed E-state index contributed by atoms with van der Waals surface area (Å²) in [5, 5.41) is 0. The molecule has 0 saturated carbocycles. The van der Waals surface area contributed by atoms with Crippen LogP contribution in [-0.2, 0) is 11.8 Å². The van der Waals surface area contributed by atoms with Crippen LogP contribution in [0.1, 0.15) is 39.1 Å². The van der Waals surface area contributed by atoms with Gasteiger partial charge >= 0.3 is 0 Å². The van der Waals surface area contributed by atoms with Crippen LogP contribution >= 0.6 is 0 Å². The molecule has 2 aromatic rings. The molecule has 15 heavy (non-hydrogen) atoms. The highest BCUT2D eigenvalue weighted by Gasteiger charge is 2.15. The molecule has 2 rings (SSSR count). The molecule has 2 heteroatoms. The van der Waals surface area contributed by atoms with Gasteiger partial charge in [0.25, 0.3) is 0 Å². The van der Waals surface area contributed by atoms with Crippen molar-refractivity contribution in [3.8, 4) is 0 Å². The summed E-state index contributed by atoms with van der Waals surface area (Å²) < 4.78 is 5.57. The lowest BCUT2D eigenvalue weighted by atomic mass is 9.87. The molecule has 1 aromatic carbocycles. The molecule has 80 valence electrons. The summed E-state index contributed by atoms with van der Waals surface area (Å²) in [5.74, 6) is 0.816. The Morgan fingerprint density at radius 2 is 2.00 bits per heavy atom. The van der Waals surface area contributed by atoms with E-state index in [1.165, 1.54) is 5.56 Å². The molecule has 0 amide bonds. The van der Waals surface area contributed by atoms with Gasteiger partial charge in [0.15, 0.2) is 11.5 Å². The second-order valence-corrected chi connectivity index (χ2v) is 4.89. The minimum atomic E-state index is 0.166. The van der Waals surface area contributed by atoms with E-state index < -0.39 is 0 Å². The van der Waals surface area contributed by atoms with E-state index in [0.29, 0.717) is 0 Å². The van der Waals surface area contributed by atoms with Gasteiger partial charge in [-0.3, -0.25) is 0 Å². The van der Waals surface area contributed by atoms with E-state index in [1.807, 2.05) is 6.07 Å². The average Bonchev–Trinajstić information content (AvgIpc) is 2.57. The highest BCUT2D eigenvalue weighted by atomic mass is 16.3. The molecule has 1 heterocycles. The number of aromatic nitrogens is 1. The SMILES string of the molecule is CCc1nc2cc(C(C)(C)C)ccc2o1. The number of fused-ring (bicyclic) bond motifs is 1. The van der Waals surface area contributed by atoms with E-state index in [-0.39, 0.29) is 5.41 Å². The maximum absolute atomic E-state index is 5.57. The highest BCUT2D eigenvalue weighted by molar-refractivity contribution is 5.73. The number of nitrogens with zero attached hydrogens (tertiary/aromatic N) is 1. The summed E-state index contributed by atoms with van der Waals surface area (Å²) in [6, 6.07) is 6.26. The average molecular weight is 203 g/mol. The zero-order valence-corrected chi connectivity index (χ0v) is 9.79. The minimum Gasteiger partial charge on any atom is -0.441 e. The van der Waals surface area contributed by atoms with Gasteiger partial charge in [0, 0.05) is 6.42 Å². The highest BCUT2D eigenvalue weighted by Crippen LogP contribution is 2.26. The van der Waals surface area contributed by atoms with Crippen molar-refractivity contribution >= 4 is 11.1 Å². The van der Waals surface area contributed by atoms with Crippen LogP contribution in [-0.4, -0.2) is 4.98 Å². The predicted molar refractivity (Wildman–Crippen MR) is 62.1 cm³/mol. The van der Waals surface area contributed by atoms with Crippen LogP contribution in [0.4, 0.5) is 0 Å². The molecular weight excluding hydrogens is 186 g/mol. The lowest BCUT2D eigenvalue weighted by molar-refractivity contribution is 0.537. The molecule has 0 saturated heterocycles. The molecule has 0 spiro atoms. The Morgan fingerprint density at radius 3 is 2.60 bits per heavy atom. The number of hydrogen-bond acceptors (Lipinski definition) is 2. The molecular formula is C13H17NO. The fourth-order valence-electron chi connectivity index (χ4n) is 1.59. The fraction of sp³-hybridized carbons (Fsp3) is 0.462. The lowest BCUT2D eigenvalue weighted by Gasteiger charge is -2.18. The zero-order valence-electron chi connectivity index (χ0n) is 9.79. The number of aryl methyl sites for hydroxylation is 1. The first-order valence-electron chi connectivity index (χ1n) is 5.40. The van der Waals surface area contributed by atoms with E-state index in [4.69, 9.17) is 4.42 Å². The standard InChI is InChI=1S/C13H17NO/c1-5-12-14-10-8-9(13(2,3)4)6-7-11(10)15-12/h6-8H,5H2,1-4H3. The second-order valence-electron chi connectivity index (χ2n) is 4.89. The second kappa shape index (κ2) is 3.37. The number of rotatable bonds is 1. The number of hydrogen-bond donors (Lipinski definition) is 0. The third kappa shape index (κ3) is 1.89. The van der Waals surface area contributed by atoms with Gasteiger partial charge in [0.2, 0.25) is 0 Å². The molecule has 0 aliphatic heterocycles. The zero-order chi connectivity index (χ0) is 11.1. The fourth-order valence-corrected chi connectivity index (χ4v) is 1.59. The molecule has 2 nitrogen and oxygen atoms in total. The van der Waals surface area contributed by atoms with Crippen molar-refractivity contribution in [2.75, 3.05) is 0 Å². The third-order valence-electron chi connectivity index (χ3n) is 2.60. The summed E-state index contributed by atoms with van der Waals surface area (Å²) in [6.45, 7) is 8.66. The predicted octanol–water partition coefficient (Wildman–Crippen LogP) is 3.69. The third-order valence-corrected chi connectivity index (χ3v) is 2.60. The van der Waals surface area contributed by atoms with E-state index in [0.717, 1.165) is 23.4 Å². The Hall–Kier alpha value is -1.31. The number of benzene rings is 1. The summed E-state index contributed by atoms with van der Waals surface area (Å²) in [7, 11) is 0. The maximum atomic E-state index is 5.57. The summed E-state index contributed by atoms with van der Waals surface area (Å²) in [6.07, 6.45) is 0.847. The summed E-state index contributed by atoms with van der Waals surface area (Å²) in [5.41, 5.74) is 3.32. The first-order valence-corrected chi connectivity index (χ1v) is 5.40. The largest absolute Gasteiger partial charge is 0.441 e. The molecule has 0 radical (unpaired) electrons. The van der Waals surface area contributed by atoms with Crippen LogP contribution in [0, 0.1) is 0 Å². The van der Waals surface area contributed by atoms with Crippen molar-refractivity contribution in [3.63, 3.8) is 0 Å². The van der Waals surface area contributed by atoms with Crippen molar-refractivity contribution in [2.24, 2.45) is 0 Å². The van der Waals surface area contributed by atoms with Gasteiger partial charge in [0.1, 0.15) is 5.52 Å². The van der Waals surface area contributed by atoms with Gasteiger partial charge in [0.05, 0.1) is 0 Å². The molecule has 0 atom stereocenters. The normalized spacial score (nSPS) is 12.3. The minimum absolute atomic E-state index is 0.166. The summed E-state index contributed by atoms with van der Waals surface area (Å²) in [4.78, 5) is 4.44. The first-order chi connectivity index (χ1) is 7.00. The topological polar surface area (TPSA) is 26.0 Å². The molecule has 1 aromatic heterocycles. The van der Waals surface area contributed by atoms with Gasteiger partial charge in [-0.05, 0) is 23.1 Å². The van der Waals surface area contributed by atoms with Gasteiger partial charge in [-0.1, -0.05) is 33.8 Å². The van der Waals surface area contributed by atoms with Crippen LogP contribution < -0.4 is 0 Å². The maximum Gasteiger partial charge on any atom is 0.195 e. The Morgan fingerprint density at radius 1 is 1.27 bits per heavy atom. The van der Waals surface area contributed by atoms with E-state index in [1.54, 1.807) is 0 Å². The molecule has 0 bridgehead atoms. The smallest absolute Gasteiger partial charge is 0.195 e. The Labute approximate surface area is 90.3 Å². The van der Waals surface area contributed by atoms with E-state index >= 15 is 0 Å². The monoisotopic (exact) mass is 203 g/mol. The van der Waals surface area contributed by atoms with Gasteiger partial charge in [-0.15, -0.1) is 0 Å². The van der Waals surface area contributed by atoms with Gasteiger partial charge < -0.3 is 4.42 Å². The number of oxazole rings is 1. The van der Waals surface area contributed by atoms with Gasteiger partial charge in [-0.25, -0.2) is 4.98 Å². The summed E-state index contributed by atoms with van der Waals surface area (Å²) >= 11 is 0. The van der Waals surface area contributed by atoms with Crippen molar-refractivity contribution in [2.45, 2.75) is 39.5 Å². The van der Waals surface area contributed by atoms with Crippen molar-refractivity contribution in [3.05, 3.63) is 29.7 Å². The first kappa shape index (κ1) is 10.2. The molecule has 0 N–H and O–H groups in total. The molecule has 0 unspecified atom stereocenters. The Bertz CT molecular complexity index is 477. The van der Waals surface area contributed by atoms with Crippen LogP contribution in [0.15, 0.2) is 22.6 Å². The van der Waals surface area contributed by atoms with Crippen LogP contribution in [0.3, 0.4) is 0 Å². The van der Waals surface area contributed by atoms with Crippen molar-refractivity contribution in [1.29, 1.82) is 0 Å². The molecule has 0 aliphatic rings. The lowest BCUT2D eigenvalue weighted by Crippen LogP contribution is -2.10. The van der Waals surface area contributed by atoms with Crippen LogP contribution in [0.5, 0.6) is 0 Å². The molecule has 0 aliphatic carbocycles. The van der Waals surface area contributed by atoms with Crippen LogP contribution in [0.25, 0.3) is 11.1 Å². The van der Waals surface area contributed by atoms with Crippen molar-refractivity contribution in [1.82, 2.24) is 4.98 Å². The quantitative estimate of drug-likeness (QED) is 0.706.